The van der Waals surface area contributed by atoms with Crippen LogP contribution in [0.15, 0.2) is 35.2 Å². The molecular formula is C19H13F3NO5S-. The largest absolute Gasteiger partial charge is 0.550 e. The van der Waals surface area contributed by atoms with Crippen LogP contribution in [0.25, 0.3) is 0 Å². The number of benzene rings is 2. The molecule has 2 aromatic rings. The van der Waals surface area contributed by atoms with Gasteiger partial charge in [-0.05, 0) is 36.2 Å². The Morgan fingerprint density at radius 2 is 2.03 bits per heavy atom. The van der Waals surface area contributed by atoms with Crippen LogP contribution in [-0.4, -0.2) is 26.6 Å². The van der Waals surface area contributed by atoms with Crippen molar-refractivity contribution in [2.24, 2.45) is 0 Å². The molecule has 152 valence electrons. The predicted molar refractivity (Wildman–Crippen MR) is 91.8 cm³/mol. The molecule has 0 amide bonds. The van der Waals surface area contributed by atoms with Gasteiger partial charge in [0.15, 0.2) is 9.84 Å². The summed E-state index contributed by atoms with van der Waals surface area (Å²) in [5.74, 6) is -8.34. The minimum atomic E-state index is -3.96. The molecule has 0 heterocycles. The maximum Gasteiger partial charge on any atom is 0.259 e. The molecule has 29 heavy (non-hydrogen) atoms. The topological polar surface area (TPSA) is 107 Å². The van der Waals surface area contributed by atoms with Crippen molar-refractivity contribution in [3.8, 4) is 17.6 Å². The molecule has 0 N–H and O–H groups in total. The first-order chi connectivity index (χ1) is 13.4. The highest BCUT2D eigenvalue weighted by Crippen LogP contribution is 2.52. The maximum atomic E-state index is 14.6. The lowest BCUT2D eigenvalue weighted by atomic mass is 9.95. The molecule has 10 heteroatoms. The minimum absolute atomic E-state index is 0.0652. The summed E-state index contributed by atoms with van der Waals surface area (Å²) in [5, 5.41) is 19.9. The van der Waals surface area contributed by atoms with Crippen molar-refractivity contribution in [2.45, 2.75) is 29.6 Å². The van der Waals surface area contributed by atoms with E-state index in [1.54, 1.807) is 6.07 Å². The Labute approximate surface area is 164 Å². The van der Waals surface area contributed by atoms with Crippen LogP contribution in [0.5, 0.6) is 11.5 Å². The molecule has 6 nitrogen and oxygen atoms in total. The number of halogens is 3. The Kier molecular flexibility index (Phi) is 5.04. The van der Waals surface area contributed by atoms with Crippen LogP contribution in [-0.2, 0) is 21.1 Å². The zero-order valence-electron chi connectivity index (χ0n) is 14.9. The number of carboxylic acids is 1. The summed E-state index contributed by atoms with van der Waals surface area (Å²) in [5.41, 5.74) is -0.604. The van der Waals surface area contributed by atoms with Gasteiger partial charge in [-0.2, -0.15) is 5.26 Å². The molecule has 0 spiro atoms. The van der Waals surface area contributed by atoms with E-state index in [-0.39, 0.29) is 28.2 Å². The van der Waals surface area contributed by atoms with Crippen molar-refractivity contribution in [2.75, 3.05) is 6.26 Å². The van der Waals surface area contributed by atoms with Gasteiger partial charge in [-0.1, -0.05) is 0 Å². The zero-order chi connectivity index (χ0) is 21.6. The van der Waals surface area contributed by atoms with Crippen molar-refractivity contribution in [3.05, 3.63) is 52.8 Å². The maximum absolute atomic E-state index is 14.6. The Morgan fingerprint density at radius 3 is 2.62 bits per heavy atom. The molecule has 2 aromatic carbocycles. The third-order valence-corrected chi connectivity index (χ3v) is 5.70. The van der Waals surface area contributed by atoms with Gasteiger partial charge in [-0.25, -0.2) is 21.6 Å². The number of aliphatic carboxylic acids is 1. The van der Waals surface area contributed by atoms with Gasteiger partial charge in [-0.3, -0.25) is 0 Å². The summed E-state index contributed by atoms with van der Waals surface area (Å²) >= 11 is 0. The summed E-state index contributed by atoms with van der Waals surface area (Å²) < 4.78 is 72.5. The van der Waals surface area contributed by atoms with Crippen molar-refractivity contribution in [3.63, 3.8) is 0 Å². The van der Waals surface area contributed by atoms with Gasteiger partial charge >= 0.3 is 0 Å². The van der Waals surface area contributed by atoms with Crippen LogP contribution >= 0.6 is 0 Å². The SMILES string of the molecule is CS(=O)(=O)c1ccc(Oc2cc(F)cc(C#N)c2)c2c1[C@H](CC(=O)[O-])C(F)(F)C2. The lowest BCUT2D eigenvalue weighted by molar-refractivity contribution is -0.307. The van der Waals surface area contributed by atoms with Crippen molar-refractivity contribution < 1.29 is 36.2 Å². The van der Waals surface area contributed by atoms with E-state index < -0.39 is 51.2 Å². The average molecular weight is 424 g/mol. The fourth-order valence-electron chi connectivity index (χ4n) is 3.41. The Balaban J connectivity index is 2.18. The van der Waals surface area contributed by atoms with E-state index in [0.29, 0.717) is 0 Å². The standard InChI is InChI=1S/C19H14F3NO5S/c1-29(26,27)16-3-2-15(28-12-5-10(9-23)4-11(20)6-12)13-8-19(21,22)14(18(13)16)7-17(24)25/h2-6,14H,7-8H2,1H3,(H,24,25)/p-1/t14-/m0/s1. The molecule has 0 radical (unpaired) electrons. The van der Waals surface area contributed by atoms with E-state index in [0.717, 1.165) is 30.5 Å². The monoisotopic (exact) mass is 424 g/mol. The summed E-state index contributed by atoms with van der Waals surface area (Å²) in [7, 11) is -3.96. The second-order valence-corrected chi connectivity index (χ2v) is 8.67. The quantitative estimate of drug-likeness (QED) is 0.729. The van der Waals surface area contributed by atoms with Gasteiger partial charge in [0, 0.05) is 30.3 Å². The van der Waals surface area contributed by atoms with Gasteiger partial charge in [0.1, 0.15) is 17.3 Å². The first-order valence-corrected chi connectivity index (χ1v) is 10.1. The highest BCUT2D eigenvalue weighted by Gasteiger charge is 2.50. The minimum Gasteiger partial charge on any atom is -0.550 e. The summed E-state index contributed by atoms with van der Waals surface area (Å²) in [6, 6.07) is 6.98. The van der Waals surface area contributed by atoms with Crippen molar-refractivity contribution in [1.29, 1.82) is 5.26 Å². The van der Waals surface area contributed by atoms with Gasteiger partial charge in [0.05, 0.1) is 22.4 Å². The lowest BCUT2D eigenvalue weighted by Crippen LogP contribution is -2.31. The molecule has 0 saturated heterocycles. The number of sulfone groups is 1. The lowest BCUT2D eigenvalue weighted by Gasteiger charge is -2.21. The molecular weight excluding hydrogens is 411 g/mol. The van der Waals surface area contributed by atoms with E-state index in [9.17, 15) is 31.5 Å². The fraction of sp³-hybridized carbons (Fsp3) is 0.263. The van der Waals surface area contributed by atoms with E-state index in [4.69, 9.17) is 10.00 Å². The van der Waals surface area contributed by atoms with E-state index in [1.165, 1.54) is 6.07 Å². The normalized spacial score (nSPS) is 17.4. The number of carboxylic acid groups (broad SMARTS) is 1. The van der Waals surface area contributed by atoms with Crippen molar-refractivity contribution >= 4 is 15.8 Å². The average Bonchev–Trinajstić information content (AvgIpc) is 2.84. The van der Waals surface area contributed by atoms with Crippen LogP contribution in [0.3, 0.4) is 0 Å². The Morgan fingerprint density at radius 1 is 1.34 bits per heavy atom. The smallest absolute Gasteiger partial charge is 0.259 e. The zero-order valence-corrected chi connectivity index (χ0v) is 15.7. The third-order valence-electron chi connectivity index (χ3n) is 4.54. The number of alkyl halides is 2. The number of nitriles is 1. The number of carbonyl (C=O) groups excluding carboxylic acids is 1. The number of fused-ring (bicyclic) bond motifs is 1. The molecule has 0 saturated carbocycles. The molecule has 0 bridgehead atoms. The summed E-state index contributed by atoms with van der Waals surface area (Å²) in [4.78, 5) is 10.6. The van der Waals surface area contributed by atoms with Crippen LogP contribution in [0.4, 0.5) is 13.2 Å². The molecule has 1 aliphatic rings. The van der Waals surface area contributed by atoms with Crippen molar-refractivity contribution in [1.82, 2.24) is 0 Å². The van der Waals surface area contributed by atoms with Crippen LogP contribution in [0.1, 0.15) is 29.0 Å². The Hall–Kier alpha value is -3.06. The second-order valence-electron chi connectivity index (χ2n) is 6.68. The van der Waals surface area contributed by atoms with Gasteiger partial charge in [-0.15, -0.1) is 0 Å². The number of rotatable bonds is 5. The van der Waals surface area contributed by atoms with E-state index >= 15 is 0 Å². The summed E-state index contributed by atoms with van der Waals surface area (Å²) in [6.07, 6.45) is -1.22. The van der Waals surface area contributed by atoms with Crippen LogP contribution in [0.2, 0.25) is 0 Å². The predicted octanol–water partition coefficient (Wildman–Crippen LogP) is 2.31. The van der Waals surface area contributed by atoms with Crippen LogP contribution < -0.4 is 9.84 Å². The summed E-state index contributed by atoms with van der Waals surface area (Å²) in [6.45, 7) is 0. The highest BCUT2D eigenvalue weighted by molar-refractivity contribution is 7.90. The number of hydrogen-bond donors (Lipinski definition) is 0. The van der Waals surface area contributed by atoms with Gasteiger partial charge in [0.2, 0.25) is 0 Å². The fourth-order valence-corrected chi connectivity index (χ4v) is 4.39. The third kappa shape index (κ3) is 4.05. The molecule has 1 aliphatic carbocycles. The van der Waals surface area contributed by atoms with E-state index in [2.05, 4.69) is 0 Å². The van der Waals surface area contributed by atoms with Crippen LogP contribution in [0, 0.1) is 17.1 Å². The molecule has 0 aromatic heterocycles. The highest BCUT2D eigenvalue weighted by atomic mass is 32.2. The number of hydrogen-bond acceptors (Lipinski definition) is 6. The Bertz CT molecular complexity index is 1160. The number of ether oxygens (including phenoxy) is 1. The molecule has 0 unspecified atom stereocenters. The number of carbonyl (C=O) groups is 1. The van der Waals surface area contributed by atoms with E-state index in [1.807, 2.05) is 0 Å². The number of nitrogens with zero attached hydrogens (tertiary/aromatic N) is 1. The van der Waals surface area contributed by atoms with Gasteiger partial charge in [0.25, 0.3) is 5.92 Å². The molecule has 0 fully saturated rings. The van der Waals surface area contributed by atoms with Gasteiger partial charge < -0.3 is 14.6 Å². The molecule has 1 atom stereocenters. The molecule has 0 aliphatic heterocycles. The first kappa shape index (κ1) is 20.7. The second kappa shape index (κ2) is 7.08. The molecule has 3 rings (SSSR count). The first-order valence-electron chi connectivity index (χ1n) is 8.24.